The lowest BCUT2D eigenvalue weighted by Crippen LogP contribution is -2.19. The van der Waals surface area contributed by atoms with Gasteiger partial charge in [-0.15, -0.1) is 0 Å². The van der Waals surface area contributed by atoms with Crippen LogP contribution in [0.2, 0.25) is 0 Å². The van der Waals surface area contributed by atoms with Gasteiger partial charge in [-0.2, -0.15) is 0 Å². The Morgan fingerprint density at radius 3 is 2.81 bits per heavy atom. The topological polar surface area (TPSA) is 29.5 Å². The third-order valence-corrected chi connectivity index (χ3v) is 3.30. The van der Waals surface area contributed by atoms with E-state index in [-0.39, 0.29) is 6.61 Å². The van der Waals surface area contributed by atoms with Crippen molar-refractivity contribution in [3.8, 4) is 5.75 Å². The van der Waals surface area contributed by atoms with Crippen molar-refractivity contribution < 1.29 is 9.84 Å². The van der Waals surface area contributed by atoms with Crippen LogP contribution in [0, 0.1) is 12.8 Å². The SMILES string of the molecule is Cc1ccc(OCC2CCC2)c(CCO)c1. The van der Waals surface area contributed by atoms with Gasteiger partial charge < -0.3 is 9.84 Å². The molecular formula is C14H20O2. The van der Waals surface area contributed by atoms with Crippen molar-refractivity contribution in [1.29, 1.82) is 0 Å². The Hall–Kier alpha value is -1.02. The molecule has 1 fully saturated rings. The van der Waals surface area contributed by atoms with Gasteiger partial charge in [0.15, 0.2) is 0 Å². The Kier molecular flexibility index (Phi) is 3.83. The second-order valence-electron chi connectivity index (χ2n) is 4.69. The molecule has 88 valence electrons. The van der Waals surface area contributed by atoms with Gasteiger partial charge in [0.25, 0.3) is 0 Å². The molecule has 0 amide bonds. The summed E-state index contributed by atoms with van der Waals surface area (Å²) >= 11 is 0. The highest BCUT2D eigenvalue weighted by Gasteiger charge is 2.18. The van der Waals surface area contributed by atoms with Crippen molar-refractivity contribution in [2.24, 2.45) is 5.92 Å². The molecule has 0 aliphatic heterocycles. The first-order chi connectivity index (χ1) is 7.79. The first-order valence-electron chi connectivity index (χ1n) is 6.13. The van der Waals surface area contributed by atoms with Crippen LogP contribution in [-0.2, 0) is 6.42 Å². The highest BCUT2D eigenvalue weighted by Crippen LogP contribution is 2.28. The second-order valence-corrected chi connectivity index (χ2v) is 4.69. The number of hydrogen-bond donors (Lipinski definition) is 1. The van der Waals surface area contributed by atoms with E-state index in [2.05, 4.69) is 19.1 Å². The van der Waals surface area contributed by atoms with E-state index in [4.69, 9.17) is 9.84 Å². The molecule has 1 aliphatic carbocycles. The fraction of sp³-hybridized carbons (Fsp3) is 0.571. The zero-order chi connectivity index (χ0) is 11.4. The van der Waals surface area contributed by atoms with Crippen molar-refractivity contribution in [3.63, 3.8) is 0 Å². The molecule has 0 spiro atoms. The number of aliphatic hydroxyl groups is 1. The Morgan fingerprint density at radius 2 is 2.19 bits per heavy atom. The molecule has 1 aromatic rings. The van der Waals surface area contributed by atoms with Crippen molar-refractivity contribution >= 4 is 0 Å². The van der Waals surface area contributed by atoms with Gasteiger partial charge in [0.2, 0.25) is 0 Å². The predicted octanol–water partition coefficient (Wildman–Crippen LogP) is 2.71. The van der Waals surface area contributed by atoms with Gasteiger partial charge in [-0.1, -0.05) is 24.1 Å². The van der Waals surface area contributed by atoms with Gasteiger partial charge in [-0.3, -0.25) is 0 Å². The van der Waals surface area contributed by atoms with E-state index in [1.54, 1.807) is 0 Å². The summed E-state index contributed by atoms with van der Waals surface area (Å²) in [5.74, 6) is 1.70. The third kappa shape index (κ3) is 2.76. The van der Waals surface area contributed by atoms with Crippen LogP contribution in [0.15, 0.2) is 18.2 Å². The number of aryl methyl sites for hydroxylation is 1. The smallest absolute Gasteiger partial charge is 0.122 e. The number of rotatable bonds is 5. The van der Waals surface area contributed by atoms with E-state index >= 15 is 0 Å². The van der Waals surface area contributed by atoms with E-state index in [0.29, 0.717) is 6.42 Å². The van der Waals surface area contributed by atoms with Gasteiger partial charge in [0.1, 0.15) is 5.75 Å². The van der Waals surface area contributed by atoms with E-state index in [1.165, 1.54) is 24.8 Å². The first kappa shape index (κ1) is 11.5. The fourth-order valence-electron chi connectivity index (χ4n) is 2.03. The molecule has 0 unspecified atom stereocenters. The van der Waals surface area contributed by atoms with Crippen molar-refractivity contribution in [2.75, 3.05) is 13.2 Å². The molecule has 1 N–H and O–H groups in total. The van der Waals surface area contributed by atoms with Crippen LogP contribution in [0.25, 0.3) is 0 Å². The summed E-state index contributed by atoms with van der Waals surface area (Å²) in [5, 5.41) is 9.01. The first-order valence-corrected chi connectivity index (χ1v) is 6.13. The standard InChI is InChI=1S/C14H20O2/c1-11-5-6-14(13(9-11)7-8-15)16-10-12-3-2-4-12/h5-6,9,12,15H,2-4,7-8,10H2,1H3. The molecule has 0 bridgehead atoms. The molecule has 1 aromatic carbocycles. The minimum atomic E-state index is 0.184. The van der Waals surface area contributed by atoms with Crippen LogP contribution < -0.4 is 4.74 Å². The van der Waals surface area contributed by atoms with Crippen molar-refractivity contribution in [2.45, 2.75) is 32.6 Å². The van der Waals surface area contributed by atoms with Crippen molar-refractivity contribution in [1.82, 2.24) is 0 Å². The maximum atomic E-state index is 9.01. The Bertz CT molecular complexity index is 343. The summed E-state index contributed by atoms with van der Waals surface area (Å²) in [7, 11) is 0. The lowest BCUT2D eigenvalue weighted by atomic mass is 9.86. The van der Waals surface area contributed by atoms with Crippen LogP contribution in [0.1, 0.15) is 30.4 Å². The Balaban J connectivity index is 1.99. The molecule has 1 saturated carbocycles. The van der Waals surface area contributed by atoms with Gasteiger partial charge in [-0.05, 0) is 43.7 Å². The molecule has 2 nitrogen and oxygen atoms in total. The molecule has 1 aliphatic rings. The Labute approximate surface area is 97.3 Å². The average Bonchev–Trinajstić information content (AvgIpc) is 2.19. The molecule has 0 atom stereocenters. The summed E-state index contributed by atoms with van der Waals surface area (Å²) in [6.07, 6.45) is 4.65. The molecule has 2 rings (SSSR count). The molecule has 2 heteroatoms. The third-order valence-electron chi connectivity index (χ3n) is 3.30. The van der Waals surface area contributed by atoms with E-state index in [0.717, 1.165) is 23.8 Å². The van der Waals surface area contributed by atoms with Crippen LogP contribution in [-0.4, -0.2) is 18.3 Å². The van der Waals surface area contributed by atoms with Gasteiger partial charge in [-0.25, -0.2) is 0 Å². The average molecular weight is 220 g/mol. The minimum absolute atomic E-state index is 0.184. The maximum Gasteiger partial charge on any atom is 0.122 e. The zero-order valence-electron chi connectivity index (χ0n) is 9.91. The lowest BCUT2D eigenvalue weighted by Gasteiger charge is -2.25. The second kappa shape index (κ2) is 5.35. The molecule has 0 aromatic heterocycles. The van der Waals surface area contributed by atoms with Crippen LogP contribution in [0.5, 0.6) is 5.75 Å². The maximum absolute atomic E-state index is 9.01. The zero-order valence-corrected chi connectivity index (χ0v) is 9.91. The van der Waals surface area contributed by atoms with E-state index in [1.807, 2.05) is 6.07 Å². The number of ether oxygens (including phenoxy) is 1. The van der Waals surface area contributed by atoms with Crippen molar-refractivity contribution in [3.05, 3.63) is 29.3 Å². The molecule has 0 heterocycles. The monoisotopic (exact) mass is 220 g/mol. The molecular weight excluding hydrogens is 200 g/mol. The minimum Gasteiger partial charge on any atom is -0.493 e. The lowest BCUT2D eigenvalue weighted by molar-refractivity contribution is 0.178. The normalized spacial score (nSPS) is 15.9. The summed E-state index contributed by atoms with van der Waals surface area (Å²) in [5.41, 5.74) is 2.35. The number of aliphatic hydroxyl groups excluding tert-OH is 1. The van der Waals surface area contributed by atoms with Crippen LogP contribution in [0.4, 0.5) is 0 Å². The van der Waals surface area contributed by atoms with Gasteiger partial charge >= 0.3 is 0 Å². The predicted molar refractivity (Wildman–Crippen MR) is 64.8 cm³/mol. The molecule has 0 saturated heterocycles. The summed E-state index contributed by atoms with van der Waals surface area (Å²) in [6, 6.07) is 6.20. The largest absolute Gasteiger partial charge is 0.493 e. The number of hydrogen-bond acceptors (Lipinski definition) is 2. The fourth-order valence-corrected chi connectivity index (χ4v) is 2.03. The molecule has 0 radical (unpaired) electrons. The van der Waals surface area contributed by atoms with E-state index in [9.17, 15) is 0 Å². The summed E-state index contributed by atoms with van der Waals surface area (Å²) < 4.78 is 5.84. The van der Waals surface area contributed by atoms with Crippen LogP contribution >= 0.6 is 0 Å². The number of benzene rings is 1. The Morgan fingerprint density at radius 1 is 1.38 bits per heavy atom. The summed E-state index contributed by atoms with van der Waals surface area (Å²) in [4.78, 5) is 0. The van der Waals surface area contributed by atoms with Gasteiger partial charge in [0.05, 0.1) is 6.61 Å². The highest BCUT2D eigenvalue weighted by atomic mass is 16.5. The highest BCUT2D eigenvalue weighted by molar-refractivity contribution is 5.37. The summed E-state index contributed by atoms with van der Waals surface area (Å²) in [6.45, 7) is 3.08. The van der Waals surface area contributed by atoms with Gasteiger partial charge in [0, 0.05) is 6.61 Å². The molecule has 16 heavy (non-hydrogen) atoms. The van der Waals surface area contributed by atoms with Crippen LogP contribution in [0.3, 0.4) is 0 Å². The quantitative estimate of drug-likeness (QED) is 0.826. The van der Waals surface area contributed by atoms with E-state index < -0.39 is 0 Å².